The van der Waals surface area contributed by atoms with Gasteiger partial charge in [0.25, 0.3) is 0 Å². The number of amides is 3. The lowest BCUT2D eigenvalue weighted by atomic mass is 9.65. The van der Waals surface area contributed by atoms with Crippen molar-refractivity contribution in [2.75, 3.05) is 25.0 Å². The molecule has 0 radical (unpaired) electrons. The maximum Gasteiger partial charge on any atom is 0.250 e. The highest BCUT2D eigenvalue weighted by atomic mass is 35.5. The Kier molecular flexibility index (Phi) is 8.27. The van der Waals surface area contributed by atoms with Crippen molar-refractivity contribution in [3.05, 3.63) is 29.3 Å². The molecule has 5 atom stereocenters. The fourth-order valence-electron chi connectivity index (χ4n) is 6.51. The molecule has 3 amide bonds. The minimum absolute atomic E-state index is 0.140. The highest BCUT2D eigenvalue weighted by Gasteiger charge is 2.78. The summed E-state index contributed by atoms with van der Waals surface area (Å²) in [7, 11) is 0. The van der Waals surface area contributed by atoms with Gasteiger partial charge in [0.15, 0.2) is 0 Å². The van der Waals surface area contributed by atoms with Crippen LogP contribution < -0.4 is 10.6 Å². The second-order valence-corrected chi connectivity index (χ2v) is 10.7. The molecule has 198 valence electrons. The number of carbonyl (C=O) groups excluding carboxylic acids is 3. The Morgan fingerprint density at radius 3 is 2.50 bits per heavy atom. The molecule has 1 spiro atoms. The van der Waals surface area contributed by atoms with Crippen molar-refractivity contribution >= 4 is 35.0 Å². The van der Waals surface area contributed by atoms with E-state index in [9.17, 15) is 14.4 Å². The van der Waals surface area contributed by atoms with Crippen molar-refractivity contribution in [1.29, 1.82) is 0 Å². The number of nitrogens with one attached hydrogen (secondary N) is 2. The molecule has 1 aromatic rings. The molecule has 0 aliphatic carbocycles. The number of unbranched alkanes of at least 4 members (excludes halogenated alkanes) is 3. The number of ether oxygens (including phenoxy) is 1. The van der Waals surface area contributed by atoms with Crippen molar-refractivity contribution in [2.45, 2.75) is 82.5 Å². The highest BCUT2D eigenvalue weighted by Crippen LogP contribution is 2.64. The van der Waals surface area contributed by atoms with Gasteiger partial charge in [-0.2, -0.15) is 0 Å². The van der Waals surface area contributed by atoms with Crippen molar-refractivity contribution in [2.24, 2.45) is 11.8 Å². The van der Waals surface area contributed by atoms with Gasteiger partial charge >= 0.3 is 0 Å². The van der Waals surface area contributed by atoms with Crippen molar-refractivity contribution in [1.82, 2.24) is 10.2 Å². The summed E-state index contributed by atoms with van der Waals surface area (Å²) < 4.78 is 6.73. The summed E-state index contributed by atoms with van der Waals surface area (Å²) in [4.78, 5) is 42.8. The molecule has 3 N–H and O–H groups in total. The van der Waals surface area contributed by atoms with Gasteiger partial charge < -0.3 is 25.4 Å². The summed E-state index contributed by atoms with van der Waals surface area (Å²) in [5.74, 6) is -1.91. The zero-order chi connectivity index (χ0) is 25.9. The molecule has 2 unspecified atom stereocenters. The molecule has 9 heteroatoms. The van der Waals surface area contributed by atoms with Crippen LogP contribution in [-0.4, -0.2) is 64.7 Å². The minimum Gasteiger partial charge on any atom is -0.396 e. The van der Waals surface area contributed by atoms with E-state index in [1.165, 1.54) is 0 Å². The van der Waals surface area contributed by atoms with Crippen LogP contribution in [0.1, 0.15) is 65.2 Å². The van der Waals surface area contributed by atoms with Gasteiger partial charge in [-0.25, -0.2) is 0 Å². The molecule has 0 saturated carbocycles. The Balaban J connectivity index is 1.65. The average molecular weight is 520 g/mol. The second kappa shape index (κ2) is 11.1. The van der Waals surface area contributed by atoms with Crippen LogP contribution in [0.3, 0.4) is 0 Å². The molecular weight excluding hydrogens is 482 g/mol. The number of anilines is 1. The van der Waals surface area contributed by atoms with Crippen LogP contribution in [-0.2, 0) is 19.1 Å². The summed E-state index contributed by atoms with van der Waals surface area (Å²) in [5.41, 5.74) is -1.16. The van der Waals surface area contributed by atoms with Crippen LogP contribution in [0, 0.1) is 11.8 Å². The number of hydrogen-bond acceptors (Lipinski definition) is 5. The van der Waals surface area contributed by atoms with Crippen molar-refractivity contribution in [3.8, 4) is 0 Å². The molecule has 36 heavy (non-hydrogen) atoms. The summed E-state index contributed by atoms with van der Waals surface area (Å²) in [6, 6.07) is 6.05. The third kappa shape index (κ3) is 4.63. The third-order valence-corrected chi connectivity index (χ3v) is 8.43. The number of benzene rings is 1. The molecule has 3 saturated heterocycles. The molecule has 3 aliphatic rings. The predicted molar refractivity (Wildman–Crippen MR) is 137 cm³/mol. The van der Waals surface area contributed by atoms with E-state index < -0.39 is 29.1 Å². The Morgan fingerprint density at radius 2 is 1.83 bits per heavy atom. The van der Waals surface area contributed by atoms with E-state index in [-0.39, 0.29) is 24.3 Å². The third-order valence-electron chi connectivity index (χ3n) is 8.18. The Hall–Kier alpha value is -2.16. The Morgan fingerprint density at radius 1 is 1.11 bits per heavy atom. The molecular formula is C27H38ClN3O5. The van der Waals surface area contributed by atoms with Gasteiger partial charge in [0.2, 0.25) is 17.7 Å². The lowest BCUT2D eigenvalue weighted by Crippen LogP contribution is -2.53. The van der Waals surface area contributed by atoms with E-state index in [1.807, 2.05) is 13.8 Å². The molecule has 0 aromatic heterocycles. The quantitative estimate of drug-likeness (QED) is 0.366. The van der Waals surface area contributed by atoms with Gasteiger partial charge in [-0.3, -0.25) is 14.4 Å². The summed E-state index contributed by atoms with van der Waals surface area (Å²) >= 11 is 6.01. The largest absolute Gasteiger partial charge is 0.396 e. The van der Waals surface area contributed by atoms with Crippen molar-refractivity contribution in [3.63, 3.8) is 0 Å². The van der Waals surface area contributed by atoms with Crippen molar-refractivity contribution < 1.29 is 24.2 Å². The fraction of sp³-hybridized carbons (Fsp3) is 0.667. The SMILES string of the molecule is CCCNC(=O)[C@H]1[C@H]2C(=O)N(CCCCCCO)C(C(=O)Nc3ccc(Cl)cc3)C23CC[C@]1(CC)O3. The van der Waals surface area contributed by atoms with Crippen LogP contribution in [0.25, 0.3) is 0 Å². The van der Waals surface area contributed by atoms with E-state index in [0.717, 1.165) is 19.3 Å². The van der Waals surface area contributed by atoms with Gasteiger partial charge in [0.1, 0.15) is 11.6 Å². The van der Waals surface area contributed by atoms with E-state index >= 15 is 0 Å². The lowest BCUT2D eigenvalue weighted by Gasteiger charge is -2.34. The topological polar surface area (TPSA) is 108 Å². The summed E-state index contributed by atoms with van der Waals surface area (Å²) in [6.07, 6.45) is 5.73. The Bertz CT molecular complexity index is 973. The molecule has 3 aliphatic heterocycles. The van der Waals surface area contributed by atoms with Crippen LogP contribution in [0.2, 0.25) is 5.02 Å². The fourth-order valence-corrected chi connectivity index (χ4v) is 6.63. The number of carbonyl (C=O) groups is 3. The van der Waals surface area contributed by atoms with E-state index in [0.29, 0.717) is 55.9 Å². The van der Waals surface area contributed by atoms with E-state index in [4.69, 9.17) is 21.4 Å². The molecule has 3 fully saturated rings. The maximum absolute atomic E-state index is 14.0. The van der Waals surface area contributed by atoms with Gasteiger partial charge in [0, 0.05) is 30.4 Å². The smallest absolute Gasteiger partial charge is 0.250 e. The first-order chi connectivity index (χ1) is 17.3. The molecule has 8 nitrogen and oxygen atoms in total. The first kappa shape index (κ1) is 26.9. The minimum atomic E-state index is -1.02. The molecule has 4 rings (SSSR count). The summed E-state index contributed by atoms with van der Waals surface area (Å²) in [5, 5.41) is 15.6. The molecule has 1 aromatic carbocycles. The average Bonchev–Trinajstić information content (AvgIpc) is 3.47. The zero-order valence-corrected chi connectivity index (χ0v) is 22.0. The number of hydrogen-bond donors (Lipinski definition) is 3. The first-order valence-electron chi connectivity index (χ1n) is 13.3. The predicted octanol–water partition coefficient (Wildman–Crippen LogP) is 3.51. The standard InChI is InChI=1S/C27H38ClN3O5/c1-3-15-29-23(33)20-21-25(35)31(16-7-5-6-8-17-32)22(27(21)14-13-26(20,4-2)36-27)24(34)30-19-11-9-18(28)10-12-19/h9-12,20-22,32H,3-8,13-17H2,1-2H3,(H,29,33)(H,30,34)/t20-,21+,22?,26+,27?/m1/s1. The number of aliphatic hydroxyl groups is 1. The van der Waals surface area contributed by atoms with Crippen LogP contribution >= 0.6 is 11.6 Å². The first-order valence-corrected chi connectivity index (χ1v) is 13.7. The number of likely N-dealkylation sites (tertiary alicyclic amines) is 1. The monoisotopic (exact) mass is 519 g/mol. The normalized spacial score (nSPS) is 30.5. The molecule has 2 bridgehead atoms. The van der Waals surface area contributed by atoms with Gasteiger partial charge in [-0.05, 0) is 62.8 Å². The summed E-state index contributed by atoms with van der Waals surface area (Å²) in [6.45, 7) is 5.07. The van der Waals surface area contributed by atoms with E-state index in [1.54, 1.807) is 29.2 Å². The number of fused-ring (bicyclic) bond motifs is 1. The van der Waals surface area contributed by atoms with E-state index in [2.05, 4.69) is 10.6 Å². The van der Waals surface area contributed by atoms with Crippen LogP contribution in [0.5, 0.6) is 0 Å². The van der Waals surface area contributed by atoms with Crippen LogP contribution in [0.4, 0.5) is 5.69 Å². The molecule has 3 heterocycles. The highest BCUT2D eigenvalue weighted by molar-refractivity contribution is 6.30. The van der Waals surface area contributed by atoms with Gasteiger partial charge in [-0.15, -0.1) is 0 Å². The van der Waals surface area contributed by atoms with Crippen LogP contribution in [0.15, 0.2) is 24.3 Å². The number of halogens is 1. The number of rotatable bonds is 12. The number of nitrogens with zero attached hydrogens (tertiary/aromatic N) is 1. The second-order valence-electron chi connectivity index (χ2n) is 10.3. The zero-order valence-electron chi connectivity index (χ0n) is 21.2. The maximum atomic E-state index is 14.0. The number of aliphatic hydroxyl groups excluding tert-OH is 1. The Labute approximate surface area is 218 Å². The van der Waals surface area contributed by atoms with Gasteiger partial charge in [-0.1, -0.05) is 38.3 Å². The van der Waals surface area contributed by atoms with Gasteiger partial charge in [0.05, 0.1) is 17.4 Å². The lowest BCUT2D eigenvalue weighted by molar-refractivity contribution is -0.146.